The van der Waals surface area contributed by atoms with Crippen LogP contribution in [0.25, 0.3) is 11.3 Å². The molecule has 6 nitrogen and oxygen atoms in total. The standard InChI is InChI=1S/C20H22N2O2.C2H6.CH3NO/c1-14-4-7-16(8-5-14)20-12-17(21-22-20)9-6-15-10-18(23-2)13-19(11-15)24-3;1-2;2-1-3/h4-5,7-8,10-13H,6,9H2,1-3H3,(H,21,22);1-2H3;1H,(H2,2,3). The van der Waals surface area contributed by atoms with Crippen LogP contribution in [-0.2, 0) is 17.6 Å². The van der Waals surface area contributed by atoms with Gasteiger partial charge in [-0.15, -0.1) is 0 Å². The summed E-state index contributed by atoms with van der Waals surface area (Å²) in [4.78, 5) is 8.58. The summed E-state index contributed by atoms with van der Waals surface area (Å²) in [5, 5.41) is 7.56. The van der Waals surface area contributed by atoms with E-state index >= 15 is 0 Å². The molecular formula is C23H31N3O3. The quantitative estimate of drug-likeness (QED) is 0.606. The van der Waals surface area contributed by atoms with E-state index < -0.39 is 0 Å². The lowest BCUT2D eigenvalue weighted by Gasteiger charge is -2.08. The average molecular weight is 398 g/mol. The molecule has 0 radical (unpaired) electrons. The molecule has 0 atom stereocenters. The molecule has 3 aromatic rings. The van der Waals surface area contributed by atoms with Gasteiger partial charge in [0.05, 0.1) is 19.9 Å². The second kappa shape index (κ2) is 13.0. The molecule has 3 N–H and O–H groups in total. The Labute approximate surface area is 173 Å². The van der Waals surface area contributed by atoms with Crippen LogP contribution in [0.4, 0.5) is 0 Å². The number of nitrogens with zero attached hydrogens (tertiary/aromatic N) is 1. The second-order valence-corrected chi connectivity index (χ2v) is 6.00. The van der Waals surface area contributed by atoms with Crippen molar-refractivity contribution in [3.05, 3.63) is 65.4 Å². The van der Waals surface area contributed by atoms with Crippen molar-refractivity contribution in [2.45, 2.75) is 33.6 Å². The number of nitrogens with one attached hydrogen (secondary N) is 1. The zero-order valence-electron chi connectivity index (χ0n) is 17.9. The van der Waals surface area contributed by atoms with Crippen molar-refractivity contribution in [2.75, 3.05) is 14.2 Å². The first-order valence-corrected chi connectivity index (χ1v) is 9.58. The van der Waals surface area contributed by atoms with E-state index in [-0.39, 0.29) is 6.41 Å². The Bertz CT molecular complexity index is 836. The highest BCUT2D eigenvalue weighted by molar-refractivity contribution is 5.59. The number of carbonyl (C=O) groups is 1. The van der Waals surface area contributed by atoms with Crippen LogP contribution >= 0.6 is 0 Å². The lowest BCUT2D eigenvalue weighted by atomic mass is 10.1. The minimum Gasteiger partial charge on any atom is -0.497 e. The Kier molecular flexibility index (Phi) is 10.6. The summed E-state index contributed by atoms with van der Waals surface area (Å²) < 4.78 is 10.6. The summed E-state index contributed by atoms with van der Waals surface area (Å²) in [6.07, 6.45) is 2.03. The molecule has 3 rings (SSSR count). The van der Waals surface area contributed by atoms with Crippen molar-refractivity contribution in [3.8, 4) is 22.8 Å². The fourth-order valence-corrected chi connectivity index (χ4v) is 2.65. The van der Waals surface area contributed by atoms with Gasteiger partial charge in [-0.05, 0) is 43.5 Å². The van der Waals surface area contributed by atoms with Crippen molar-refractivity contribution < 1.29 is 14.3 Å². The third-order valence-electron chi connectivity index (χ3n) is 4.07. The fourth-order valence-electron chi connectivity index (χ4n) is 2.65. The van der Waals surface area contributed by atoms with Crippen molar-refractivity contribution >= 4 is 6.41 Å². The number of aryl methyl sites for hydroxylation is 3. The van der Waals surface area contributed by atoms with E-state index in [1.165, 1.54) is 11.1 Å². The van der Waals surface area contributed by atoms with Gasteiger partial charge in [0.2, 0.25) is 6.41 Å². The Morgan fingerprint density at radius 2 is 1.52 bits per heavy atom. The van der Waals surface area contributed by atoms with E-state index in [1.54, 1.807) is 14.2 Å². The molecule has 1 aromatic heterocycles. The number of hydrogen-bond donors (Lipinski definition) is 2. The molecule has 6 heteroatoms. The van der Waals surface area contributed by atoms with Gasteiger partial charge in [0.25, 0.3) is 0 Å². The number of H-pyrrole nitrogens is 1. The Hall–Kier alpha value is -3.28. The summed E-state index contributed by atoms with van der Waals surface area (Å²) in [5.74, 6) is 1.63. The first-order chi connectivity index (χ1) is 14.1. The van der Waals surface area contributed by atoms with E-state index in [0.29, 0.717) is 0 Å². The number of aromatic nitrogens is 2. The lowest BCUT2D eigenvalue weighted by Crippen LogP contribution is -1.95. The van der Waals surface area contributed by atoms with Crippen LogP contribution in [0.2, 0.25) is 0 Å². The smallest absolute Gasteiger partial charge is 0.204 e. The maximum absolute atomic E-state index is 8.58. The zero-order valence-corrected chi connectivity index (χ0v) is 17.9. The molecule has 0 aliphatic heterocycles. The van der Waals surface area contributed by atoms with Gasteiger partial charge in [-0.3, -0.25) is 9.89 Å². The van der Waals surface area contributed by atoms with Gasteiger partial charge in [0, 0.05) is 17.3 Å². The minimum atomic E-state index is 0.250. The number of amides is 1. The molecule has 2 aromatic carbocycles. The number of methoxy groups -OCH3 is 2. The molecule has 0 unspecified atom stereocenters. The monoisotopic (exact) mass is 397 g/mol. The minimum absolute atomic E-state index is 0.250. The van der Waals surface area contributed by atoms with Gasteiger partial charge >= 0.3 is 0 Å². The highest BCUT2D eigenvalue weighted by Crippen LogP contribution is 2.24. The Morgan fingerprint density at radius 1 is 0.966 bits per heavy atom. The summed E-state index contributed by atoms with van der Waals surface area (Å²) in [7, 11) is 3.34. The molecule has 0 saturated heterocycles. The number of carbonyl (C=O) groups excluding carboxylic acids is 1. The Morgan fingerprint density at radius 3 is 2.03 bits per heavy atom. The van der Waals surface area contributed by atoms with E-state index in [4.69, 9.17) is 14.3 Å². The number of benzene rings is 2. The van der Waals surface area contributed by atoms with Gasteiger partial charge < -0.3 is 15.2 Å². The first kappa shape index (κ1) is 23.8. The summed E-state index contributed by atoms with van der Waals surface area (Å²) in [6.45, 7) is 6.09. The van der Waals surface area contributed by atoms with Gasteiger partial charge in [-0.2, -0.15) is 5.10 Å². The number of primary amides is 1. The van der Waals surface area contributed by atoms with Crippen LogP contribution in [0.1, 0.15) is 30.7 Å². The predicted octanol–water partition coefficient (Wildman–Crippen LogP) is 4.32. The summed E-state index contributed by atoms with van der Waals surface area (Å²) >= 11 is 0. The average Bonchev–Trinajstić information content (AvgIpc) is 3.23. The third-order valence-corrected chi connectivity index (χ3v) is 4.07. The van der Waals surface area contributed by atoms with Crippen LogP contribution in [0.3, 0.4) is 0 Å². The van der Waals surface area contributed by atoms with Crippen molar-refractivity contribution in [1.29, 1.82) is 0 Å². The second-order valence-electron chi connectivity index (χ2n) is 6.00. The predicted molar refractivity (Wildman–Crippen MR) is 117 cm³/mol. The lowest BCUT2D eigenvalue weighted by molar-refractivity contribution is -0.106. The first-order valence-electron chi connectivity index (χ1n) is 9.58. The summed E-state index contributed by atoms with van der Waals surface area (Å²) in [5.41, 5.74) is 9.82. The molecule has 0 spiro atoms. The molecule has 0 aliphatic rings. The molecule has 0 bridgehead atoms. The van der Waals surface area contributed by atoms with Crippen LogP contribution in [0, 0.1) is 6.92 Å². The molecule has 1 amide bonds. The van der Waals surface area contributed by atoms with Gasteiger partial charge in [0.15, 0.2) is 0 Å². The van der Waals surface area contributed by atoms with E-state index in [2.05, 4.69) is 53.2 Å². The van der Waals surface area contributed by atoms with Crippen LogP contribution < -0.4 is 15.2 Å². The van der Waals surface area contributed by atoms with Crippen LogP contribution in [-0.4, -0.2) is 30.8 Å². The maximum atomic E-state index is 8.58. The van der Waals surface area contributed by atoms with E-state index in [1.807, 2.05) is 32.0 Å². The van der Waals surface area contributed by atoms with E-state index in [9.17, 15) is 0 Å². The van der Waals surface area contributed by atoms with E-state index in [0.717, 1.165) is 41.3 Å². The molecular weight excluding hydrogens is 366 g/mol. The molecule has 1 heterocycles. The molecule has 156 valence electrons. The molecule has 29 heavy (non-hydrogen) atoms. The zero-order chi connectivity index (χ0) is 21.6. The SMILES string of the molecule is CC.COc1cc(CCc2cc(-c3ccc(C)cc3)n[nH]2)cc(OC)c1.NC=O. The number of ether oxygens (including phenoxy) is 2. The third kappa shape index (κ3) is 7.70. The molecule has 0 saturated carbocycles. The largest absolute Gasteiger partial charge is 0.497 e. The fraction of sp³-hybridized carbons (Fsp3) is 0.304. The highest BCUT2D eigenvalue weighted by atomic mass is 16.5. The number of hydrogen-bond acceptors (Lipinski definition) is 4. The number of rotatable bonds is 6. The van der Waals surface area contributed by atoms with Crippen LogP contribution in [0.15, 0.2) is 48.5 Å². The molecule has 0 fully saturated rings. The van der Waals surface area contributed by atoms with Gasteiger partial charge in [-0.1, -0.05) is 43.7 Å². The number of aromatic amines is 1. The summed E-state index contributed by atoms with van der Waals surface area (Å²) in [6, 6.07) is 16.5. The Balaban J connectivity index is 0.000000771. The van der Waals surface area contributed by atoms with Gasteiger partial charge in [-0.25, -0.2) is 0 Å². The highest BCUT2D eigenvalue weighted by Gasteiger charge is 2.06. The number of nitrogens with two attached hydrogens (primary N) is 1. The van der Waals surface area contributed by atoms with Crippen molar-refractivity contribution in [1.82, 2.24) is 10.2 Å². The topological polar surface area (TPSA) is 90.2 Å². The van der Waals surface area contributed by atoms with Gasteiger partial charge in [0.1, 0.15) is 11.5 Å². The normalized spacial score (nSPS) is 9.41. The van der Waals surface area contributed by atoms with Crippen LogP contribution in [0.5, 0.6) is 11.5 Å². The van der Waals surface area contributed by atoms with Crippen molar-refractivity contribution in [3.63, 3.8) is 0 Å². The van der Waals surface area contributed by atoms with Crippen molar-refractivity contribution in [2.24, 2.45) is 5.73 Å². The molecule has 0 aliphatic carbocycles. The maximum Gasteiger partial charge on any atom is 0.204 e.